The Bertz CT molecular complexity index is 295. The normalized spacial score (nSPS) is 12.8. The summed E-state index contributed by atoms with van der Waals surface area (Å²) in [7, 11) is 0. The topological polar surface area (TPSA) is 46.2 Å². The molecule has 2 nitrogen and oxygen atoms in total. The van der Waals surface area contributed by atoms with Gasteiger partial charge in [-0.15, -0.1) is 0 Å². The SMILES string of the molecule is NCC(CO)CCc1c(F)cccc1Cl. The zero-order valence-corrected chi connectivity index (χ0v) is 9.17. The lowest BCUT2D eigenvalue weighted by atomic mass is 10.00. The predicted molar refractivity (Wildman–Crippen MR) is 59.4 cm³/mol. The van der Waals surface area contributed by atoms with E-state index < -0.39 is 0 Å². The van der Waals surface area contributed by atoms with Crippen molar-refractivity contribution < 1.29 is 9.50 Å². The first kappa shape index (κ1) is 12.4. The van der Waals surface area contributed by atoms with Gasteiger partial charge in [0, 0.05) is 17.2 Å². The van der Waals surface area contributed by atoms with E-state index in [0.29, 0.717) is 30.0 Å². The van der Waals surface area contributed by atoms with Crippen molar-refractivity contribution in [1.82, 2.24) is 0 Å². The smallest absolute Gasteiger partial charge is 0.127 e. The van der Waals surface area contributed by atoms with Gasteiger partial charge in [0.2, 0.25) is 0 Å². The van der Waals surface area contributed by atoms with E-state index in [2.05, 4.69) is 0 Å². The van der Waals surface area contributed by atoms with Gasteiger partial charge >= 0.3 is 0 Å². The number of aliphatic hydroxyl groups excluding tert-OH is 1. The number of aliphatic hydroxyl groups is 1. The second-order valence-electron chi connectivity index (χ2n) is 3.52. The van der Waals surface area contributed by atoms with Gasteiger partial charge in [-0.2, -0.15) is 0 Å². The summed E-state index contributed by atoms with van der Waals surface area (Å²) in [5.41, 5.74) is 5.94. The maximum atomic E-state index is 13.3. The van der Waals surface area contributed by atoms with Crippen LogP contribution in [0.5, 0.6) is 0 Å². The maximum absolute atomic E-state index is 13.3. The van der Waals surface area contributed by atoms with Crippen LogP contribution in [0.4, 0.5) is 4.39 Å². The van der Waals surface area contributed by atoms with Crippen LogP contribution < -0.4 is 5.73 Å². The number of hydrogen-bond acceptors (Lipinski definition) is 2. The molecule has 15 heavy (non-hydrogen) atoms. The summed E-state index contributed by atoms with van der Waals surface area (Å²) in [5, 5.41) is 9.37. The van der Waals surface area contributed by atoms with E-state index in [-0.39, 0.29) is 18.3 Å². The third-order valence-corrected chi connectivity index (χ3v) is 2.81. The Morgan fingerprint density at radius 1 is 1.47 bits per heavy atom. The van der Waals surface area contributed by atoms with Crippen molar-refractivity contribution >= 4 is 11.6 Å². The summed E-state index contributed by atoms with van der Waals surface area (Å²) in [6.45, 7) is 0.436. The van der Waals surface area contributed by atoms with E-state index in [4.69, 9.17) is 22.4 Å². The molecule has 1 rings (SSSR count). The molecular weight excluding hydrogens is 217 g/mol. The first-order chi connectivity index (χ1) is 7.19. The minimum absolute atomic E-state index is 0.0145. The second-order valence-corrected chi connectivity index (χ2v) is 3.93. The van der Waals surface area contributed by atoms with Gasteiger partial charge in [-0.1, -0.05) is 17.7 Å². The quantitative estimate of drug-likeness (QED) is 0.814. The molecule has 0 saturated carbocycles. The predicted octanol–water partition coefficient (Wildman–Crippen LogP) is 1.98. The van der Waals surface area contributed by atoms with Gasteiger partial charge in [-0.25, -0.2) is 4.39 Å². The monoisotopic (exact) mass is 231 g/mol. The van der Waals surface area contributed by atoms with Crippen LogP contribution in [-0.2, 0) is 6.42 Å². The summed E-state index contributed by atoms with van der Waals surface area (Å²) in [6, 6.07) is 4.63. The van der Waals surface area contributed by atoms with Crippen LogP contribution >= 0.6 is 11.6 Å². The Kier molecular flexibility index (Phi) is 5.02. The van der Waals surface area contributed by atoms with Gasteiger partial charge < -0.3 is 10.8 Å². The highest BCUT2D eigenvalue weighted by atomic mass is 35.5. The van der Waals surface area contributed by atoms with Crippen molar-refractivity contribution in [3.63, 3.8) is 0 Å². The summed E-state index contributed by atoms with van der Waals surface area (Å²) in [6.07, 6.45) is 1.15. The van der Waals surface area contributed by atoms with Gasteiger partial charge in [-0.05, 0) is 37.4 Å². The maximum Gasteiger partial charge on any atom is 0.127 e. The summed E-state index contributed by atoms with van der Waals surface area (Å²) < 4.78 is 13.3. The first-order valence-electron chi connectivity index (χ1n) is 4.92. The van der Waals surface area contributed by atoms with E-state index in [0.717, 1.165) is 0 Å². The lowest BCUT2D eigenvalue weighted by Crippen LogP contribution is -2.18. The Morgan fingerprint density at radius 3 is 2.73 bits per heavy atom. The highest BCUT2D eigenvalue weighted by Crippen LogP contribution is 2.21. The molecule has 0 aromatic heterocycles. The number of benzene rings is 1. The number of rotatable bonds is 5. The molecule has 0 spiro atoms. The largest absolute Gasteiger partial charge is 0.396 e. The van der Waals surface area contributed by atoms with E-state index in [1.54, 1.807) is 12.1 Å². The molecule has 1 aromatic carbocycles. The van der Waals surface area contributed by atoms with Crippen molar-refractivity contribution in [2.24, 2.45) is 11.7 Å². The van der Waals surface area contributed by atoms with Gasteiger partial charge in [-0.3, -0.25) is 0 Å². The average Bonchev–Trinajstić information content (AvgIpc) is 2.23. The summed E-state index contributed by atoms with van der Waals surface area (Å²) in [4.78, 5) is 0. The fraction of sp³-hybridized carbons (Fsp3) is 0.455. The van der Waals surface area contributed by atoms with E-state index in [1.165, 1.54) is 6.07 Å². The standard InChI is InChI=1S/C11H15ClFNO/c12-10-2-1-3-11(13)9(10)5-4-8(6-14)7-15/h1-3,8,15H,4-7,14H2. The van der Waals surface area contributed by atoms with E-state index in [9.17, 15) is 4.39 Å². The van der Waals surface area contributed by atoms with Gasteiger partial charge in [0.25, 0.3) is 0 Å². The third kappa shape index (κ3) is 3.45. The summed E-state index contributed by atoms with van der Waals surface area (Å²) >= 11 is 5.87. The van der Waals surface area contributed by atoms with Crippen LogP contribution in [-0.4, -0.2) is 18.3 Å². The highest BCUT2D eigenvalue weighted by Gasteiger charge is 2.10. The molecule has 3 N–H and O–H groups in total. The van der Waals surface area contributed by atoms with E-state index in [1.807, 2.05) is 0 Å². The van der Waals surface area contributed by atoms with Crippen LogP contribution in [0.15, 0.2) is 18.2 Å². The molecule has 4 heteroatoms. The van der Waals surface area contributed by atoms with Crippen LogP contribution in [0.1, 0.15) is 12.0 Å². The molecule has 1 aromatic rings. The first-order valence-corrected chi connectivity index (χ1v) is 5.30. The van der Waals surface area contributed by atoms with Gasteiger partial charge in [0.1, 0.15) is 5.82 Å². The van der Waals surface area contributed by atoms with Gasteiger partial charge in [0.05, 0.1) is 0 Å². The van der Waals surface area contributed by atoms with Gasteiger partial charge in [0.15, 0.2) is 0 Å². The molecule has 0 heterocycles. The van der Waals surface area contributed by atoms with Crippen molar-refractivity contribution in [3.05, 3.63) is 34.6 Å². The average molecular weight is 232 g/mol. The lowest BCUT2D eigenvalue weighted by Gasteiger charge is -2.12. The molecule has 84 valence electrons. The van der Waals surface area contributed by atoms with Crippen molar-refractivity contribution in [3.8, 4) is 0 Å². The van der Waals surface area contributed by atoms with Crippen LogP contribution in [0.3, 0.4) is 0 Å². The van der Waals surface area contributed by atoms with Crippen LogP contribution in [0, 0.1) is 11.7 Å². The van der Waals surface area contributed by atoms with E-state index >= 15 is 0 Å². The molecule has 0 saturated heterocycles. The second kappa shape index (κ2) is 6.05. The zero-order chi connectivity index (χ0) is 11.3. The molecule has 0 aliphatic heterocycles. The molecule has 0 radical (unpaired) electrons. The lowest BCUT2D eigenvalue weighted by molar-refractivity contribution is 0.223. The zero-order valence-electron chi connectivity index (χ0n) is 8.42. The number of halogens is 2. The highest BCUT2D eigenvalue weighted by molar-refractivity contribution is 6.31. The molecule has 1 atom stereocenters. The Hall–Kier alpha value is -0.640. The molecule has 0 aliphatic carbocycles. The van der Waals surface area contributed by atoms with Crippen LogP contribution in [0.2, 0.25) is 5.02 Å². The molecule has 1 unspecified atom stereocenters. The number of hydrogen-bond donors (Lipinski definition) is 2. The Morgan fingerprint density at radius 2 is 2.20 bits per heavy atom. The van der Waals surface area contributed by atoms with Crippen molar-refractivity contribution in [2.45, 2.75) is 12.8 Å². The van der Waals surface area contributed by atoms with Crippen molar-refractivity contribution in [2.75, 3.05) is 13.2 Å². The summed E-state index contributed by atoms with van der Waals surface area (Å²) in [5.74, 6) is -0.281. The Balaban J connectivity index is 2.64. The fourth-order valence-corrected chi connectivity index (χ4v) is 1.66. The Labute approximate surface area is 93.9 Å². The van der Waals surface area contributed by atoms with Crippen LogP contribution in [0.25, 0.3) is 0 Å². The minimum Gasteiger partial charge on any atom is -0.396 e. The fourth-order valence-electron chi connectivity index (χ4n) is 1.40. The molecule has 0 bridgehead atoms. The third-order valence-electron chi connectivity index (χ3n) is 2.46. The molecular formula is C11H15ClFNO. The number of nitrogens with two attached hydrogens (primary N) is 1. The van der Waals surface area contributed by atoms with Crippen molar-refractivity contribution in [1.29, 1.82) is 0 Å². The molecule has 0 fully saturated rings. The minimum atomic E-state index is -0.295. The molecule has 0 aliphatic rings. The molecule has 0 amide bonds.